The molecule has 0 unspecified atom stereocenters. The third-order valence-electron chi connectivity index (χ3n) is 4.09. The molecule has 7 nitrogen and oxygen atoms in total. The van der Waals surface area contributed by atoms with Crippen LogP contribution in [0.5, 0.6) is 11.5 Å². The summed E-state index contributed by atoms with van der Waals surface area (Å²) in [6, 6.07) is 11.3. The van der Waals surface area contributed by atoms with Crippen LogP contribution in [0.4, 0.5) is 0 Å². The van der Waals surface area contributed by atoms with Gasteiger partial charge in [0.1, 0.15) is 18.1 Å². The van der Waals surface area contributed by atoms with Crippen molar-refractivity contribution in [3.8, 4) is 17.2 Å². The van der Waals surface area contributed by atoms with Crippen LogP contribution in [0.15, 0.2) is 41.2 Å². The molecule has 1 heterocycles. The van der Waals surface area contributed by atoms with Gasteiger partial charge in [0.2, 0.25) is 0 Å². The second kappa shape index (κ2) is 6.80. The molecule has 0 aliphatic heterocycles. The van der Waals surface area contributed by atoms with Crippen LogP contribution in [0.1, 0.15) is 16.7 Å². The lowest BCUT2D eigenvalue weighted by Gasteiger charge is -2.14. The first-order chi connectivity index (χ1) is 12.0. The molecule has 0 radical (unpaired) electrons. The van der Waals surface area contributed by atoms with E-state index in [0.717, 1.165) is 28.2 Å². The van der Waals surface area contributed by atoms with Crippen LogP contribution in [0.2, 0.25) is 0 Å². The van der Waals surface area contributed by atoms with Gasteiger partial charge in [0, 0.05) is 12.6 Å². The largest absolute Gasteiger partial charge is 0.497 e. The third-order valence-corrected chi connectivity index (χ3v) is 4.09. The van der Waals surface area contributed by atoms with Gasteiger partial charge in [0.25, 0.3) is 0 Å². The van der Waals surface area contributed by atoms with Gasteiger partial charge in [0.05, 0.1) is 12.8 Å². The van der Waals surface area contributed by atoms with Crippen molar-refractivity contribution < 1.29 is 9.47 Å². The van der Waals surface area contributed by atoms with Crippen LogP contribution >= 0.6 is 0 Å². The first-order valence-corrected chi connectivity index (χ1v) is 7.86. The van der Waals surface area contributed by atoms with Gasteiger partial charge in [-0.2, -0.15) is 9.36 Å². The maximum atomic E-state index is 12.2. The number of methoxy groups -OCH3 is 1. The predicted octanol–water partition coefficient (Wildman–Crippen LogP) is 2.17. The van der Waals surface area contributed by atoms with E-state index in [-0.39, 0.29) is 5.69 Å². The number of aromatic nitrogens is 4. The minimum atomic E-state index is -0.299. The molecule has 130 valence electrons. The lowest BCUT2D eigenvalue weighted by atomic mass is 10.1. The van der Waals surface area contributed by atoms with E-state index >= 15 is 0 Å². The summed E-state index contributed by atoms with van der Waals surface area (Å²) in [5.41, 5.74) is 3.25. The van der Waals surface area contributed by atoms with Crippen molar-refractivity contribution in [3.63, 3.8) is 0 Å². The molecule has 0 atom stereocenters. The molecule has 0 saturated heterocycles. The molecule has 0 aliphatic rings. The van der Waals surface area contributed by atoms with Gasteiger partial charge >= 0.3 is 5.69 Å². The van der Waals surface area contributed by atoms with E-state index in [1.54, 1.807) is 14.2 Å². The number of hydrogen-bond donors (Lipinski definition) is 0. The normalized spacial score (nSPS) is 10.7. The first kappa shape index (κ1) is 16.8. The zero-order valence-electron chi connectivity index (χ0n) is 14.7. The van der Waals surface area contributed by atoms with Gasteiger partial charge in [-0.15, -0.1) is 0 Å². The molecule has 25 heavy (non-hydrogen) atoms. The van der Waals surface area contributed by atoms with Crippen molar-refractivity contribution in [3.05, 3.63) is 63.6 Å². The number of tetrazole rings is 1. The van der Waals surface area contributed by atoms with Crippen molar-refractivity contribution in [2.45, 2.75) is 20.5 Å². The molecular weight excluding hydrogens is 320 g/mol. The van der Waals surface area contributed by atoms with E-state index in [0.29, 0.717) is 12.3 Å². The highest BCUT2D eigenvalue weighted by atomic mass is 16.5. The number of ether oxygens (including phenoxy) is 2. The molecule has 0 aliphatic carbocycles. The fourth-order valence-electron chi connectivity index (χ4n) is 2.60. The minimum absolute atomic E-state index is 0.299. The molecule has 0 amide bonds. The monoisotopic (exact) mass is 340 g/mol. The van der Waals surface area contributed by atoms with Gasteiger partial charge in [-0.3, -0.25) is 0 Å². The van der Waals surface area contributed by atoms with E-state index in [9.17, 15) is 4.79 Å². The van der Waals surface area contributed by atoms with Gasteiger partial charge in [0.15, 0.2) is 0 Å². The van der Waals surface area contributed by atoms with Crippen molar-refractivity contribution in [2.75, 3.05) is 7.11 Å². The Hall–Kier alpha value is -3.09. The second-order valence-electron chi connectivity index (χ2n) is 5.79. The molecule has 0 saturated carbocycles. The molecule has 3 aromatic rings. The van der Waals surface area contributed by atoms with Crippen LogP contribution in [0.3, 0.4) is 0 Å². The molecule has 0 bridgehead atoms. The maximum Gasteiger partial charge on any atom is 0.368 e. The summed E-state index contributed by atoms with van der Waals surface area (Å²) >= 11 is 0. The highest BCUT2D eigenvalue weighted by molar-refractivity contribution is 5.45. The Morgan fingerprint density at radius 1 is 1.08 bits per heavy atom. The van der Waals surface area contributed by atoms with E-state index in [4.69, 9.17) is 9.47 Å². The highest BCUT2D eigenvalue weighted by Gasteiger charge is 2.14. The smallest absolute Gasteiger partial charge is 0.368 e. The van der Waals surface area contributed by atoms with Crippen LogP contribution in [0, 0.1) is 13.8 Å². The Morgan fingerprint density at radius 2 is 1.88 bits per heavy atom. The molecule has 7 heteroatoms. The van der Waals surface area contributed by atoms with E-state index < -0.39 is 0 Å². The van der Waals surface area contributed by atoms with Crippen molar-refractivity contribution in [1.82, 2.24) is 19.8 Å². The number of hydrogen-bond acceptors (Lipinski definition) is 5. The summed E-state index contributed by atoms with van der Waals surface area (Å²) in [4.78, 5) is 12.2. The second-order valence-corrected chi connectivity index (χ2v) is 5.79. The summed E-state index contributed by atoms with van der Waals surface area (Å²) in [5, 5.41) is 7.70. The van der Waals surface area contributed by atoms with Crippen molar-refractivity contribution in [1.29, 1.82) is 0 Å². The van der Waals surface area contributed by atoms with Crippen LogP contribution in [0.25, 0.3) is 5.69 Å². The van der Waals surface area contributed by atoms with Gasteiger partial charge in [-0.1, -0.05) is 12.1 Å². The lowest BCUT2D eigenvalue weighted by Crippen LogP contribution is -2.23. The Kier molecular flexibility index (Phi) is 4.56. The molecule has 0 fully saturated rings. The number of nitrogens with zero attached hydrogens (tertiary/aromatic N) is 4. The SMILES string of the molecule is COc1ccc(OCc2c(C)cccc2-n2nnn(C)c2=O)c(C)c1. The molecule has 2 aromatic carbocycles. The minimum Gasteiger partial charge on any atom is -0.497 e. The third kappa shape index (κ3) is 3.26. The quantitative estimate of drug-likeness (QED) is 0.712. The maximum absolute atomic E-state index is 12.2. The van der Waals surface area contributed by atoms with Crippen molar-refractivity contribution in [2.24, 2.45) is 7.05 Å². The zero-order valence-corrected chi connectivity index (χ0v) is 14.7. The fraction of sp³-hybridized carbons (Fsp3) is 0.278. The Bertz CT molecular complexity index is 959. The Labute approximate surface area is 145 Å². The Balaban J connectivity index is 1.93. The average molecular weight is 340 g/mol. The molecule has 0 spiro atoms. The van der Waals surface area contributed by atoms with E-state index in [2.05, 4.69) is 10.4 Å². The van der Waals surface area contributed by atoms with Crippen LogP contribution in [-0.2, 0) is 13.7 Å². The van der Waals surface area contributed by atoms with Gasteiger partial charge < -0.3 is 9.47 Å². The number of rotatable bonds is 5. The number of benzene rings is 2. The molecular formula is C18H20N4O3. The van der Waals surface area contributed by atoms with Crippen LogP contribution in [-0.4, -0.2) is 26.9 Å². The summed E-state index contributed by atoms with van der Waals surface area (Å²) in [5.74, 6) is 1.55. The summed E-state index contributed by atoms with van der Waals surface area (Å²) < 4.78 is 13.7. The lowest BCUT2D eigenvalue weighted by molar-refractivity contribution is 0.302. The summed E-state index contributed by atoms with van der Waals surface area (Å²) in [6.07, 6.45) is 0. The molecule has 0 N–H and O–H groups in total. The highest BCUT2D eigenvalue weighted by Crippen LogP contribution is 2.25. The van der Waals surface area contributed by atoms with E-state index in [1.807, 2.05) is 50.2 Å². The topological polar surface area (TPSA) is 71.2 Å². The standard InChI is InChI=1S/C18H20N4O3/c1-12-6-5-7-16(22-18(23)21(3)19-20-22)15(12)11-25-17-9-8-14(24-4)10-13(17)2/h5-10H,11H2,1-4H3. The fourth-order valence-corrected chi connectivity index (χ4v) is 2.60. The molecule has 3 rings (SSSR count). The van der Waals surface area contributed by atoms with E-state index in [1.165, 1.54) is 9.36 Å². The predicted molar refractivity (Wildman–Crippen MR) is 93.4 cm³/mol. The van der Waals surface area contributed by atoms with Crippen molar-refractivity contribution >= 4 is 0 Å². The Morgan fingerprint density at radius 3 is 2.52 bits per heavy atom. The summed E-state index contributed by atoms with van der Waals surface area (Å²) in [6.45, 7) is 4.26. The van der Waals surface area contributed by atoms with Crippen LogP contribution < -0.4 is 15.2 Å². The number of aryl methyl sites for hydroxylation is 3. The molecule has 1 aromatic heterocycles. The van der Waals surface area contributed by atoms with Gasteiger partial charge in [-0.05, 0) is 59.7 Å². The van der Waals surface area contributed by atoms with Gasteiger partial charge in [-0.25, -0.2) is 4.79 Å². The average Bonchev–Trinajstić information content (AvgIpc) is 2.93. The zero-order chi connectivity index (χ0) is 18.0. The first-order valence-electron chi connectivity index (χ1n) is 7.86. The summed E-state index contributed by atoms with van der Waals surface area (Å²) in [7, 11) is 3.20.